The van der Waals surface area contributed by atoms with Crippen LogP contribution in [0.1, 0.15) is 17.5 Å². The third-order valence-electron chi connectivity index (χ3n) is 2.48. The zero-order valence-corrected chi connectivity index (χ0v) is 11.3. The van der Waals surface area contributed by atoms with Gasteiger partial charge in [-0.1, -0.05) is 5.21 Å². The van der Waals surface area contributed by atoms with Gasteiger partial charge in [-0.2, -0.15) is 5.26 Å². The van der Waals surface area contributed by atoms with Crippen molar-refractivity contribution in [2.24, 2.45) is 0 Å². The minimum absolute atomic E-state index is 0.723. The number of nitriles is 1. The maximum absolute atomic E-state index is 8.85. The summed E-state index contributed by atoms with van der Waals surface area (Å²) in [7, 11) is 0. The highest BCUT2D eigenvalue weighted by atomic mass is 127. The maximum atomic E-state index is 8.85. The molecule has 0 saturated heterocycles. The monoisotopic (exact) mass is 338 g/mol. The van der Waals surface area contributed by atoms with Gasteiger partial charge in [0.05, 0.1) is 17.8 Å². The molecular formula is C12H11IN4. The first-order valence-corrected chi connectivity index (χ1v) is 6.40. The fourth-order valence-corrected chi connectivity index (χ4v) is 2.22. The topological polar surface area (TPSA) is 54.5 Å². The molecule has 1 heterocycles. The summed E-state index contributed by atoms with van der Waals surface area (Å²) < 4.78 is 3.03. The summed E-state index contributed by atoms with van der Waals surface area (Å²) in [4.78, 5) is 0. The van der Waals surface area contributed by atoms with Crippen LogP contribution in [0, 0.1) is 14.9 Å². The van der Waals surface area contributed by atoms with Gasteiger partial charge in [0.1, 0.15) is 0 Å². The molecule has 0 radical (unpaired) electrons. The second-order valence-corrected chi connectivity index (χ2v) is 4.85. The third-order valence-corrected chi connectivity index (χ3v) is 3.53. The number of halogens is 1. The maximum Gasteiger partial charge on any atom is 0.0991 e. The molecule has 0 spiro atoms. The molecule has 0 N–H and O–H groups in total. The predicted molar refractivity (Wildman–Crippen MR) is 72.2 cm³/mol. The van der Waals surface area contributed by atoms with Gasteiger partial charge in [-0.15, -0.1) is 5.10 Å². The van der Waals surface area contributed by atoms with Crippen LogP contribution in [0.5, 0.6) is 0 Å². The van der Waals surface area contributed by atoms with Crippen LogP contribution in [0.15, 0.2) is 30.6 Å². The highest BCUT2D eigenvalue weighted by Crippen LogP contribution is 2.16. The van der Waals surface area contributed by atoms with Gasteiger partial charge >= 0.3 is 0 Å². The minimum atomic E-state index is 0.723. The molecule has 2 rings (SSSR count). The van der Waals surface area contributed by atoms with Gasteiger partial charge in [-0.25, -0.2) is 0 Å². The quantitative estimate of drug-likeness (QED) is 0.805. The van der Waals surface area contributed by atoms with E-state index < -0.39 is 0 Å². The zero-order valence-electron chi connectivity index (χ0n) is 9.17. The zero-order chi connectivity index (χ0) is 12.1. The number of hydrogen-bond acceptors (Lipinski definition) is 3. The van der Waals surface area contributed by atoms with E-state index in [4.69, 9.17) is 5.26 Å². The summed E-state index contributed by atoms with van der Waals surface area (Å²) in [5.74, 6) is 0. The Morgan fingerprint density at radius 3 is 3.00 bits per heavy atom. The van der Waals surface area contributed by atoms with Crippen LogP contribution in [0.25, 0.3) is 0 Å². The van der Waals surface area contributed by atoms with Crippen molar-refractivity contribution in [3.63, 3.8) is 0 Å². The van der Waals surface area contributed by atoms with Crippen LogP contribution < -0.4 is 0 Å². The first kappa shape index (κ1) is 12.0. The van der Waals surface area contributed by atoms with Crippen molar-refractivity contribution in [3.05, 3.63) is 45.3 Å². The van der Waals surface area contributed by atoms with Crippen molar-refractivity contribution in [1.82, 2.24) is 15.0 Å². The Hall–Kier alpha value is -1.42. The highest BCUT2D eigenvalue weighted by Gasteiger charge is 2.02. The van der Waals surface area contributed by atoms with Crippen molar-refractivity contribution in [2.75, 3.05) is 0 Å². The lowest BCUT2D eigenvalue weighted by atomic mass is 10.1. The van der Waals surface area contributed by atoms with Crippen LogP contribution in [0.2, 0.25) is 0 Å². The molecule has 0 unspecified atom stereocenters. The van der Waals surface area contributed by atoms with Crippen LogP contribution in [-0.4, -0.2) is 15.0 Å². The molecule has 1 aromatic heterocycles. The van der Waals surface area contributed by atoms with Crippen molar-refractivity contribution >= 4 is 22.6 Å². The Labute approximate surface area is 113 Å². The van der Waals surface area contributed by atoms with Gasteiger partial charge in [-0.05, 0) is 59.2 Å². The molecule has 4 nitrogen and oxygen atoms in total. The largest absolute Gasteiger partial charge is 0.253 e. The van der Waals surface area contributed by atoms with Crippen LogP contribution in [-0.2, 0) is 13.0 Å². The summed E-state index contributed by atoms with van der Waals surface area (Å²) in [6, 6.07) is 7.97. The lowest BCUT2D eigenvalue weighted by Crippen LogP contribution is -2.01. The summed E-state index contributed by atoms with van der Waals surface area (Å²) >= 11 is 2.30. The summed E-state index contributed by atoms with van der Waals surface area (Å²) in [6.45, 7) is 0.854. The van der Waals surface area contributed by atoms with Crippen molar-refractivity contribution in [1.29, 1.82) is 5.26 Å². The Kier molecular flexibility index (Phi) is 4.09. The van der Waals surface area contributed by atoms with Crippen LogP contribution in [0.4, 0.5) is 0 Å². The predicted octanol–water partition coefficient (Wildman–Crippen LogP) is 2.39. The van der Waals surface area contributed by atoms with E-state index >= 15 is 0 Å². The molecule has 17 heavy (non-hydrogen) atoms. The second-order valence-electron chi connectivity index (χ2n) is 3.69. The number of aryl methyl sites for hydroxylation is 2. The van der Waals surface area contributed by atoms with Crippen molar-refractivity contribution < 1.29 is 0 Å². The smallest absolute Gasteiger partial charge is 0.0991 e. The third kappa shape index (κ3) is 3.27. The van der Waals surface area contributed by atoms with Crippen LogP contribution >= 0.6 is 22.6 Å². The van der Waals surface area contributed by atoms with E-state index in [1.807, 2.05) is 29.1 Å². The number of aromatic nitrogens is 3. The molecule has 2 aromatic rings. The average Bonchev–Trinajstić information content (AvgIpc) is 2.84. The first-order valence-electron chi connectivity index (χ1n) is 5.32. The van der Waals surface area contributed by atoms with E-state index in [0.717, 1.165) is 24.9 Å². The summed E-state index contributed by atoms with van der Waals surface area (Å²) in [6.07, 6.45) is 5.48. The SMILES string of the molecule is N#Cc1ccc(I)c(CCCn2ccnn2)c1. The van der Waals surface area contributed by atoms with Crippen LogP contribution in [0.3, 0.4) is 0 Å². The number of benzene rings is 1. The summed E-state index contributed by atoms with van der Waals surface area (Å²) in [5, 5.41) is 16.5. The van der Waals surface area contributed by atoms with Crippen molar-refractivity contribution in [2.45, 2.75) is 19.4 Å². The molecule has 0 fully saturated rings. The number of nitrogens with zero attached hydrogens (tertiary/aromatic N) is 4. The fraction of sp³-hybridized carbons (Fsp3) is 0.250. The normalized spacial score (nSPS) is 10.1. The van der Waals surface area contributed by atoms with E-state index in [1.165, 1.54) is 9.13 Å². The minimum Gasteiger partial charge on any atom is -0.253 e. The van der Waals surface area contributed by atoms with Gasteiger partial charge in [0.2, 0.25) is 0 Å². The second kappa shape index (κ2) is 5.77. The number of hydrogen-bond donors (Lipinski definition) is 0. The molecule has 0 saturated carbocycles. The highest BCUT2D eigenvalue weighted by molar-refractivity contribution is 14.1. The van der Waals surface area contributed by atoms with E-state index in [0.29, 0.717) is 0 Å². The molecule has 0 aliphatic rings. The van der Waals surface area contributed by atoms with Crippen molar-refractivity contribution in [3.8, 4) is 6.07 Å². The van der Waals surface area contributed by atoms with Gasteiger partial charge < -0.3 is 0 Å². The number of rotatable bonds is 4. The van der Waals surface area contributed by atoms with Gasteiger partial charge in [-0.3, -0.25) is 4.68 Å². The van der Waals surface area contributed by atoms with Gasteiger partial charge in [0, 0.05) is 16.3 Å². The molecule has 0 aliphatic heterocycles. The van der Waals surface area contributed by atoms with E-state index in [2.05, 4.69) is 39.0 Å². The molecule has 0 atom stereocenters. The lowest BCUT2D eigenvalue weighted by molar-refractivity contribution is 0.558. The molecular weight excluding hydrogens is 327 g/mol. The molecule has 5 heteroatoms. The van der Waals surface area contributed by atoms with E-state index in [-0.39, 0.29) is 0 Å². The molecule has 0 bridgehead atoms. The van der Waals surface area contributed by atoms with E-state index in [9.17, 15) is 0 Å². The summed E-state index contributed by atoms with van der Waals surface area (Å²) in [5.41, 5.74) is 1.95. The standard InChI is InChI=1S/C12H11IN4/c13-12-4-3-10(9-14)8-11(12)2-1-6-17-7-5-15-16-17/h3-5,7-8H,1-2,6H2. The first-order chi connectivity index (χ1) is 8.29. The Balaban J connectivity index is 1.97. The molecule has 0 amide bonds. The molecule has 0 aliphatic carbocycles. The average molecular weight is 338 g/mol. The Morgan fingerprint density at radius 2 is 2.29 bits per heavy atom. The molecule has 1 aromatic carbocycles. The van der Waals surface area contributed by atoms with Gasteiger partial charge in [0.25, 0.3) is 0 Å². The van der Waals surface area contributed by atoms with Gasteiger partial charge in [0.15, 0.2) is 0 Å². The van der Waals surface area contributed by atoms with E-state index in [1.54, 1.807) is 6.20 Å². The Bertz CT molecular complexity index is 528. The lowest BCUT2D eigenvalue weighted by Gasteiger charge is -2.05. The molecule has 86 valence electrons. The fourth-order valence-electron chi connectivity index (χ4n) is 1.62. The Morgan fingerprint density at radius 1 is 1.41 bits per heavy atom.